The summed E-state index contributed by atoms with van der Waals surface area (Å²) in [7, 11) is 0. The number of aromatic nitrogens is 4. The molecule has 1 N–H and O–H groups in total. The lowest BCUT2D eigenvalue weighted by Crippen LogP contribution is -2.47. The zero-order valence-corrected chi connectivity index (χ0v) is 20.9. The number of nitrogens with one attached hydrogen (secondary N) is 1. The first kappa shape index (κ1) is 22.5. The molecule has 7 nitrogen and oxygen atoms in total. The predicted octanol–water partition coefficient (Wildman–Crippen LogP) is 4.80. The molecule has 0 aliphatic carbocycles. The van der Waals surface area contributed by atoms with Crippen molar-refractivity contribution in [1.82, 2.24) is 24.5 Å². The van der Waals surface area contributed by atoms with Crippen molar-refractivity contribution < 1.29 is 0 Å². The number of hydrogen-bond acceptors (Lipinski definition) is 6. The molecule has 2 aromatic heterocycles. The van der Waals surface area contributed by atoms with Gasteiger partial charge in [-0.05, 0) is 43.2 Å². The molecule has 182 valence electrons. The van der Waals surface area contributed by atoms with Crippen LogP contribution in [0.3, 0.4) is 0 Å². The summed E-state index contributed by atoms with van der Waals surface area (Å²) in [4.78, 5) is 14.8. The molecule has 1 fully saturated rings. The van der Waals surface area contributed by atoms with E-state index in [0.717, 1.165) is 67.3 Å². The van der Waals surface area contributed by atoms with Crippen molar-refractivity contribution in [2.24, 2.45) is 0 Å². The standard InChI is InChI=1S/C29H31N7/c1-21-9-8-14-26(22(21)2)35-19-17-34(18-20-35)16-15-30-29-31-25-13-7-6-12-24(25)28-32-27(33-36(28)29)23-10-4-3-5-11-23/h3-14H,15-20H2,1-2H3,(H,30,31). The average Bonchev–Trinajstić information content (AvgIpc) is 3.38. The summed E-state index contributed by atoms with van der Waals surface area (Å²) >= 11 is 0. The third kappa shape index (κ3) is 4.27. The van der Waals surface area contributed by atoms with Gasteiger partial charge in [-0.1, -0.05) is 54.6 Å². The quantitative estimate of drug-likeness (QED) is 0.379. The molecule has 1 aliphatic heterocycles. The number of benzene rings is 3. The highest BCUT2D eigenvalue weighted by molar-refractivity contribution is 5.92. The van der Waals surface area contributed by atoms with Crippen LogP contribution >= 0.6 is 0 Å². The van der Waals surface area contributed by atoms with E-state index in [4.69, 9.17) is 15.1 Å². The van der Waals surface area contributed by atoms with Crippen molar-refractivity contribution in [3.8, 4) is 11.4 Å². The lowest BCUT2D eigenvalue weighted by molar-refractivity contribution is 0.267. The van der Waals surface area contributed by atoms with Gasteiger partial charge in [0.1, 0.15) is 0 Å². The highest BCUT2D eigenvalue weighted by Gasteiger charge is 2.19. The maximum Gasteiger partial charge on any atom is 0.226 e. The van der Waals surface area contributed by atoms with Gasteiger partial charge < -0.3 is 10.2 Å². The van der Waals surface area contributed by atoms with E-state index in [-0.39, 0.29) is 0 Å². The van der Waals surface area contributed by atoms with Crippen molar-refractivity contribution in [3.63, 3.8) is 0 Å². The molecule has 0 unspecified atom stereocenters. The van der Waals surface area contributed by atoms with E-state index >= 15 is 0 Å². The molecule has 36 heavy (non-hydrogen) atoms. The van der Waals surface area contributed by atoms with Gasteiger partial charge in [-0.25, -0.2) is 9.97 Å². The molecule has 0 amide bonds. The maximum atomic E-state index is 4.89. The fourth-order valence-electron chi connectivity index (χ4n) is 5.00. The molecule has 6 rings (SSSR count). The Bertz CT molecular complexity index is 1500. The van der Waals surface area contributed by atoms with Crippen LogP contribution in [0.1, 0.15) is 11.1 Å². The minimum absolute atomic E-state index is 0.708. The topological polar surface area (TPSA) is 61.6 Å². The Hall–Kier alpha value is -3.97. The number of piperazine rings is 1. The van der Waals surface area contributed by atoms with Gasteiger partial charge in [0.25, 0.3) is 0 Å². The highest BCUT2D eigenvalue weighted by atomic mass is 15.4. The van der Waals surface area contributed by atoms with Gasteiger partial charge in [0.15, 0.2) is 11.5 Å². The second kappa shape index (κ2) is 9.59. The van der Waals surface area contributed by atoms with Gasteiger partial charge in [-0.2, -0.15) is 4.52 Å². The third-order valence-corrected chi connectivity index (χ3v) is 7.21. The summed E-state index contributed by atoms with van der Waals surface area (Å²) in [5.41, 5.74) is 6.86. The Labute approximate surface area is 211 Å². The Balaban J connectivity index is 1.17. The second-order valence-corrected chi connectivity index (χ2v) is 9.46. The minimum Gasteiger partial charge on any atom is -0.369 e. The van der Waals surface area contributed by atoms with Gasteiger partial charge in [-0.3, -0.25) is 4.90 Å². The normalized spacial score (nSPS) is 14.6. The molecule has 5 aromatic rings. The largest absolute Gasteiger partial charge is 0.369 e. The van der Waals surface area contributed by atoms with E-state index in [1.54, 1.807) is 0 Å². The SMILES string of the molecule is Cc1cccc(N2CCN(CCNc3nc4ccccc4c4nc(-c5ccccc5)nn34)CC2)c1C. The van der Waals surface area contributed by atoms with Crippen molar-refractivity contribution in [2.75, 3.05) is 49.5 Å². The first-order valence-electron chi connectivity index (χ1n) is 12.7. The van der Waals surface area contributed by atoms with Gasteiger partial charge in [0, 0.05) is 55.9 Å². The fourth-order valence-corrected chi connectivity index (χ4v) is 5.00. The molecule has 0 saturated carbocycles. The summed E-state index contributed by atoms with van der Waals surface area (Å²) in [6.45, 7) is 10.4. The molecular weight excluding hydrogens is 446 g/mol. The van der Waals surface area contributed by atoms with Gasteiger partial charge in [-0.15, -0.1) is 5.10 Å². The minimum atomic E-state index is 0.708. The van der Waals surface area contributed by atoms with Crippen LogP contribution in [0.15, 0.2) is 72.8 Å². The maximum absolute atomic E-state index is 4.89. The lowest BCUT2D eigenvalue weighted by atomic mass is 10.1. The molecule has 0 atom stereocenters. The van der Waals surface area contributed by atoms with E-state index in [0.29, 0.717) is 5.82 Å². The van der Waals surface area contributed by atoms with Crippen LogP contribution in [0.25, 0.3) is 27.9 Å². The molecule has 0 radical (unpaired) electrons. The second-order valence-electron chi connectivity index (χ2n) is 9.46. The number of hydrogen-bond donors (Lipinski definition) is 1. The molecule has 7 heteroatoms. The third-order valence-electron chi connectivity index (χ3n) is 7.21. The first-order chi connectivity index (χ1) is 17.7. The first-order valence-corrected chi connectivity index (χ1v) is 12.7. The van der Waals surface area contributed by atoms with Crippen LogP contribution in [0.2, 0.25) is 0 Å². The molecule has 0 spiro atoms. The summed E-state index contributed by atoms with van der Waals surface area (Å²) < 4.78 is 1.85. The predicted molar refractivity (Wildman–Crippen MR) is 147 cm³/mol. The van der Waals surface area contributed by atoms with E-state index in [2.05, 4.69) is 53.2 Å². The van der Waals surface area contributed by atoms with Crippen molar-refractivity contribution in [3.05, 3.63) is 83.9 Å². The summed E-state index contributed by atoms with van der Waals surface area (Å²) in [5, 5.41) is 9.36. The molecule has 3 heterocycles. The fraction of sp³-hybridized carbons (Fsp3) is 0.276. The van der Waals surface area contributed by atoms with Crippen molar-refractivity contribution in [1.29, 1.82) is 0 Å². The highest BCUT2D eigenvalue weighted by Crippen LogP contribution is 2.25. The van der Waals surface area contributed by atoms with Gasteiger partial charge >= 0.3 is 0 Å². The van der Waals surface area contributed by atoms with E-state index in [1.807, 2.05) is 53.0 Å². The monoisotopic (exact) mass is 477 g/mol. The Morgan fingerprint density at radius 2 is 1.58 bits per heavy atom. The number of aryl methyl sites for hydroxylation is 1. The zero-order valence-electron chi connectivity index (χ0n) is 20.9. The Morgan fingerprint density at radius 3 is 2.42 bits per heavy atom. The van der Waals surface area contributed by atoms with Crippen LogP contribution in [-0.2, 0) is 0 Å². The number of para-hydroxylation sites is 1. The molecule has 0 bridgehead atoms. The van der Waals surface area contributed by atoms with Gasteiger partial charge in [0.2, 0.25) is 5.95 Å². The smallest absolute Gasteiger partial charge is 0.226 e. The van der Waals surface area contributed by atoms with Crippen LogP contribution in [0.4, 0.5) is 11.6 Å². The van der Waals surface area contributed by atoms with Gasteiger partial charge in [0.05, 0.1) is 5.52 Å². The zero-order chi connectivity index (χ0) is 24.5. The van der Waals surface area contributed by atoms with Crippen LogP contribution < -0.4 is 10.2 Å². The lowest BCUT2D eigenvalue weighted by Gasteiger charge is -2.37. The Kier molecular flexibility index (Phi) is 5.99. The summed E-state index contributed by atoms with van der Waals surface area (Å²) in [6.07, 6.45) is 0. The van der Waals surface area contributed by atoms with Crippen LogP contribution in [0, 0.1) is 13.8 Å². The Morgan fingerprint density at radius 1 is 0.806 bits per heavy atom. The molecule has 3 aromatic carbocycles. The number of rotatable bonds is 6. The van der Waals surface area contributed by atoms with Crippen LogP contribution in [-0.4, -0.2) is 63.8 Å². The van der Waals surface area contributed by atoms with E-state index in [9.17, 15) is 0 Å². The van der Waals surface area contributed by atoms with E-state index < -0.39 is 0 Å². The molecular formula is C29H31N7. The van der Waals surface area contributed by atoms with Crippen molar-refractivity contribution in [2.45, 2.75) is 13.8 Å². The van der Waals surface area contributed by atoms with Crippen molar-refractivity contribution >= 4 is 28.2 Å². The summed E-state index contributed by atoms with van der Waals surface area (Å²) in [5.74, 6) is 1.44. The molecule has 1 saturated heterocycles. The summed E-state index contributed by atoms with van der Waals surface area (Å²) in [6, 6.07) is 24.8. The number of fused-ring (bicyclic) bond motifs is 3. The van der Waals surface area contributed by atoms with E-state index in [1.165, 1.54) is 16.8 Å². The number of anilines is 2. The number of nitrogens with zero attached hydrogens (tertiary/aromatic N) is 6. The van der Waals surface area contributed by atoms with Crippen LogP contribution in [0.5, 0.6) is 0 Å². The average molecular weight is 478 g/mol. The molecule has 1 aliphatic rings.